The molecule has 0 aliphatic heterocycles. The number of carbonyl (C=O) groups is 2. The molecule has 0 radical (unpaired) electrons. The Balaban J connectivity index is 1.58. The number of nitro groups is 1. The Kier molecular flexibility index (Phi) is 6.23. The molecule has 0 aliphatic rings. The van der Waals surface area contributed by atoms with Gasteiger partial charge in [0.1, 0.15) is 11.6 Å². The van der Waals surface area contributed by atoms with Gasteiger partial charge < -0.3 is 4.74 Å². The third-order valence-corrected chi connectivity index (χ3v) is 3.87. The minimum Gasteiger partial charge on any atom is -0.423 e. The van der Waals surface area contributed by atoms with Crippen molar-refractivity contribution in [2.24, 2.45) is 5.10 Å². The van der Waals surface area contributed by atoms with Crippen molar-refractivity contribution in [1.29, 1.82) is 0 Å². The Morgan fingerprint density at radius 2 is 1.70 bits per heavy atom. The molecule has 150 valence electrons. The van der Waals surface area contributed by atoms with Gasteiger partial charge in [0.05, 0.1) is 16.7 Å². The third-order valence-electron chi connectivity index (χ3n) is 3.87. The molecule has 3 aromatic carbocycles. The molecule has 0 saturated carbocycles. The standard InChI is InChI=1S/C21H14FN3O5/c22-17-8-6-15(7-9-17)20(26)24-23-13-14-4-10-19(11-5-14)30-21(27)16-2-1-3-18(12-16)25(28)29/h1-13H,(H,24,26)/b23-13-. The lowest BCUT2D eigenvalue weighted by Gasteiger charge is -2.04. The number of carbonyl (C=O) groups excluding carboxylic acids is 2. The van der Waals surface area contributed by atoms with Crippen LogP contribution in [0.3, 0.4) is 0 Å². The monoisotopic (exact) mass is 407 g/mol. The van der Waals surface area contributed by atoms with Crippen molar-refractivity contribution < 1.29 is 23.6 Å². The molecule has 0 atom stereocenters. The molecule has 0 saturated heterocycles. The second kappa shape index (κ2) is 9.20. The Bertz CT molecular complexity index is 1110. The van der Waals surface area contributed by atoms with Crippen molar-refractivity contribution in [1.82, 2.24) is 5.43 Å². The van der Waals surface area contributed by atoms with E-state index in [0.717, 1.165) is 6.07 Å². The van der Waals surface area contributed by atoms with Crippen LogP contribution in [0.5, 0.6) is 5.75 Å². The summed E-state index contributed by atoms with van der Waals surface area (Å²) < 4.78 is 18.1. The summed E-state index contributed by atoms with van der Waals surface area (Å²) in [6.07, 6.45) is 1.38. The number of ether oxygens (including phenoxy) is 1. The summed E-state index contributed by atoms with van der Waals surface area (Å²) in [5.41, 5.74) is 3.04. The Hall–Kier alpha value is -4.40. The molecule has 0 unspecified atom stereocenters. The van der Waals surface area contributed by atoms with E-state index in [4.69, 9.17) is 4.74 Å². The number of rotatable bonds is 6. The van der Waals surface area contributed by atoms with E-state index in [-0.39, 0.29) is 22.6 Å². The SMILES string of the molecule is O=C(N/N=C\c1ccc(OC(=O)c2cccc([N+](=O)[O-])c2)cc1)c1ccc(F)cc1. The van der Waals surface area contributed by atoms with Gasteiger partial charge in [-0.2, -0.15) is 5.10 Å². The summed E-state index contributed by atoms with van der Waals surface area (Å²) in [6, 6.07) is 16.5. The molecular formula is C21H14FN3O5. The van der Waals surface area contributed by atoms with Crippen LogP contribution in [0, 0.1) is 15.9 Å². The highest BCUT2D eigenvalue weighted by atomic mass is 19.1. The van der Waals surface area contributed by atoms with Gasteiger partial charge in [0, 0.05) is 17.7 Å². The van der Waals surface area contributed by atoms with Crippen LogP contribution in [0.15, 0.2) is 77.9 Å². The molecule has 3 rings (SSSR count). The maximum Gasteiger partial charge on any atom is 0.343 e. The van der Waals surface area contributed by atoms with Crippen molar-refractivity contribution in [2.45, 2.75) is 0 Å². The average Bonchev–Trinajstić information content (AvgIpc) is 2.75. The molecule has 0 aliphatic carbocycles. The van der Waals surface area contributed by atoms with Crippen LogP contribution in [0.4, 0.5) is 10.1 Å². The number of amides is 1. The first kappa shape index (κ1) is 20.3. The van der Waals surface area contributed by atoms with Crippen LogP contribution < -0.4 is 10.2 Å². The molecule has 3 aromatic rings. The summed E-state index contributed by atoms with van der Waals surface area (Å²) in [6.45, 7) is 0. The second-order valence-electron chi connectivity index (χ2n) is 5.97. The van der Waals surface area contributed by atoms with Crippen LogP contribution >= 0.6 is 0 Å². The van der Waals surface area contributed by atoms with Gasteiger partial charge in [-0.3, -0.25) is 14.9 Å². The van der Waals surface area contributed by atoms with Crippen LogP contribution in [0.25, 0.3) is 0 Å². The van der Waals surface area contributed by atoms with E-state index in [1.807, 2.05) is 0 Å². The van der Waals surface area contributed by atoms with Crippen LogP contribution in [0.2, 0.25) is 0 Å². The van der Waals surface area contributed by atoms with Gasteiger partial charge in [-0.05, 0) is 60.2 Å². The molecule has 0 bridgehead atoms. The first-order chi connectivity index (χ1) is 14.4. The quantitative estimate of drug-likeness (QED) is 0.220. The van der Waals surface area contributed by atoms with Crippen molar-refractivity contribution in [3.63, 3.8) is 0 Å². The summed E-state index contributed by atoms with van der Waals surface area (Å²) >= 11 is 0. The number of esters is 1. The number of benzene rings is 3. The molecule has 1 amide bonds. The molecule has 0 fully saturated rings. The van der Waals surface area contributed by atoms with E-state index < -0.39 is 22.6 Å². The fourth-order valence-corrected chi connectivity index (χ4v) is 2.37. The summed E-state index contributed by atoms with van der Waals surface area (Å²) in [5.74, 6) is -1.43. The minimum absolute atomic E-state index is 0.0540. The Morgan fingerprint density at radius 1 is 1.00 bits per heavy atom. The summed E-state index contributed by atoms with van der Waals surface area (Å²) in [4.78, 5) is 34.2. The highest BCUT2D eigenvalue weighted by Gasteiger charge is 2.13. The first-order valence-electron chi connectivity index (χ1n) is 8.58. The minimum atomic E-state index is -0.730. The molecule has 9 heteroatoms. The largest absolute Gasteiger partial charge is 0.423 e. The number of halogens is 1. The Labute approximate surface area is 169 Å². The molecule has 0 heterocycles. The Morgan fingerprint density at radius 3 is 2.37 bits per heavy atom. The van der Waals surface area contributed by atoms with Gasteiger partial charge in [0.15, 0.2) is 0 Å². The predicted octanol–water partition coefficient (Wildman–Crippen LogP) is 3.72. The number of hydrogen-bond acceptors (Lipinski definition) is 6. The number of hydrogen-bond donors (Lipinski definition) is 1. The zero-order chi connectivity index (χ0) is 21.5. The van der Waals surface area contributed by atoms with Gasteiger partial charge in [-0.1, -0.05) is 6.07 Å². The number of hydrazone groups is 1. The van der Waals surface area contributed by atoms with Gasteiger partial charge in [0.2, 0.25) is 0 Å². The molecule has 30 heavy (non-hydrogen) atoms. The van der Waals surface area contributed by atoms with E-state index in [1.54, 1.807) is 12.1 Å². The highest BCUT2D eigenvalue weighted by molar-refractivity contribution is 5.95. The summed E-state index contributed by atoms with van der Waals surface area (Å²) in [7, 11) is 0. The summed E-state index contributed by atoms with van der Waals surface area (Å²) in [5, 5.41) is 14.6. The normalized spacial score (nSPS) is 10.6. The predicted molar refractivity (Wildman–Crippen MR) is 106 cm³/mol. The molecule has 8 nitrogen and oxygen atoms in total. The van der Waals surface area contributed by atoms with Gasteiger partial charge >= 0.3 is 5.97 Å². The first-order valence-corrected chi connectivity index (χ1v) is 8.58. The number of nitrogens with zero attached hydrogens (tertiary/aromatic N) is 2. The lowest BCUT2D eigenvalue weighted by Crippen LogP contribution is -2.17. The molecule has 0 spiro atoms. The lowest BCUT2D eigenvalue weighted by atomic mass is 10.2. The third kappa shape index (κ3) is 5.32. The molecule has 1 N–H and O–H groups in total. The van der Waals surface area contributed by atoms with Crippen molar-refractivity contribution in [3.05, 3.63) is 105 Å². The van der Waals surface area contributed by atoms with Crippen molar-refractivity contribution in [2.75, 3.05) is 0 Å². The molecular weight excluding hydrogens is 393 g/mol. The topological polar surface area (TPSA) is 111 Å². The van der Waals surface area contributed by atoms with Crippen LogP contribution in [-0.2, 0) is 0 Å². The van der Waals surface area contributed by atoms with Crippen molar-refractivity contribution >= 4 is 23.8 Å². The van der Waals surface area contributed by atoms with Gasteiger partial charge in [-0.15, -0.1) is 0 Å². The van der Waals surface area contributed by atoms with E-state index >= 15 is 0 Å². The maximum atomic E-state index is 12.9. The smallest absolute Gasteiger partial charge is 0.343 e. The van der Waals surface area contributed by atoms with Crippen molar-refractivity contribution in [3.8, 4) is 5.75 Å². The average molecular weight is 407 g/mol. The van der Waals surface area contributed by atoms with E-state index in [1.165, 1.54) is 60.8 Å². The zero-order valence-electron chi connectivity index (χ0n) is 15.3. The number of nitro benzene ring substituents is 1. The van der Waals surface area contributed by atoms with Crippen LogP contribution in [0.1, 0.15) is 26.3 Å². The zero-order valence-corrected chi connectivity index (χ0v) is 15.3. The van der Waals surface area contributed by atoms with Gasteiger partial charge in [-0.25, -0.2) is 14.6 Å². The lowest BCUT2D eigenvalue weighted by molar-refractivity contribution is -0.384. The van der Waals surface area contributed by atoms with Gasteiger partial charge in [0.25, 0.3) is 11.6 Å². The van der Waals surface area contributed by atoms with E-state index in [2.05, 4.69) is 10.5 Å². The fourth-order valence-electron chi connectivity index (χ4n) is 2.37. The highest BCUT2D eigenvalue weighted by Crippen LogP contribution is 2.17. The second-order valence-corrected chi connectivity index (χ2v) is 5.97. The van der Waals surface area contributed by atoms with Crippen LogP contribution in [-0.4, -0.2) is 23.0 Å². The fraction of sp³-hybridized carbons (Fsp3) is 0. The van der Waals surface area contributed by atoms with E-state index in [9.17, 15) is 24.1 Å². The molecule has 0 aromatic heterocycles. The number of nitrogens with one attached hydrogen (secondary N) is 1. The number of non-ortho nitro benzene ring substituents is 1. The van der Waals surface area contributed by atoms with E-state index in [0.29, 0.717) is 5.56 Å². The maximum absolute atomic E-state index is 12.9.